The van der Waals surface area contributed by atoms with Crippen molar-refractivity contribution < 1.29 is 5.11 Å². The van der Waals surface area contributed by atoms with Gasteiger partial charge < -0.3 is 16.2 Å². The van der Waals surface area contributed by atoms with Gasteiger partial charge in [-0.2, -0.15) is 0 Å². The number of nitrogens with zero attached hydrogens (tertiary/aromatic N) is 1. The number of aromatic hydroxyl groups is 1. The molecule has 134 valence electrons. The number of pyridine rings is 1. The summed E-state index contributed by atoms with van der Waals surface area (Å²) >= 11 is 6.07. The van der Waals surface area contributed by atoms with Crippen molar-refractivity contribution in [3.05, 3.63) is 83.5 Å². The Morgan fingerprint density at radius 2 is 1.78 bits per heavy atom. The van der Waals surface area contributed by atoms with Gasteiger partial charge in [-0.15, -0.1) is 0 Å². The fourth-order valence-electron chi connectivity index (χ4n) is 3.19. The van der Waals surface area contributed by atoms with Crippen LogP contribution in [0.1, 0.15) is 5.56 Å². The van der Waals surface area contributed by atoms with Gasteiger partial charge in [-0.1, -0.05) is 41.9 Å². The Morgan fingerprint density at radius 1 is 0.963 bits per heavy atom. The first-order chi connectivity index (χ1) is 13.2. The minimum Gasteiger partial charge on any atom is -0.507 e. The molecule has 0 atom stereocenters. The van der Waals surface area contributed by atoms with E-state index in [0.29, 0.717) is 10.6 Å². The molecule has 0 unspecified atom stereocenters. The molecule has 4 nitrogen and oxygen atoms in total. The molecule has 0 saturated carbocycles. The fourth-order valence-corrected chi connectivity index (χ4v) is 3.35. The van der Waals surface area contributed by atoms with Crippen LogP contribution in [0.3, 0.4) is 0 Å². The number of halogens is 1. The van der Waals surface area contributed by atoms with Crippen molar-refractivity contribution >= 4 is 33.9 Å². The van der Waals surface area contributed by atoms with Gasteiger partial charge in [0, 0.05) is 45.7 Å². The second-order valence-electron chi connectivity index (χ2n) is 6.20. The van der Waals surface area contributed by atoms with Crippen molar-refractivity contribution in [1.29, 1.82) is 0 Å². The number of phenols is 1. The predicted octanol–water partition coefficient (Wildman–Crippen LogP) is 5.46. The third kappa shape index (κ3) is 3.33. The molecular weight excluding hydrogens is 358 g/mol. The van der Waals surface area contributed by atoms with E-state index < -0.39 is 0 Å². The van der Waals surface area contributed by atoms with Crippen molar-refractivity contribution in [2.24, 2.45) is 5.73 Å². The molecule has 0 aliphatic heterocycles. The van der Waals surface area contributed by atoms with Gasteiger partial charge in [0.05, 0.1) is 5.52 Å². The minimum absolute atomic E-state index is 0.190. The molecule has 0 bridgehead atoms. The molecule has 1 aromatic heterocycles. The molecule has 0 saturated heterocycles. The average Bonchev–Trinajstić information content (AvgIpc) is 2.69. The molecule has 0 amide bonds. The number of phenolic OH excluding ortho intramolecular Hbond substituents is 1. The van der Waals surface area contributed by atoms with Crippen LogP contribution in [-0.4, -0.2) is 10.1 Å². The van der Waals surface area contributed by atoms with Gasteiger partial charge in [0.2, 0.25) is 0 Å². The van der Waals surface area contributed by atoms with Crippen LogP contribution >= 0.6 is 11.6 Å². The Bertz CT molecular complexity index is 1110. The van der Waals surface area contributed by atoms with Crippen LogP contribution in [0.2, 0.25) is 5.02 Å². The third-order valence-electron chi connectivity index (χ3n) is 4.55. The van der Waals surface area contributed by atoms with Crippen LogP contribution in [-0.2, 0) is 6.54 Å². The molecule has 0 aliphatic carbocycles. The van der Waals surface area contributed by atoms with E-state index in [1.807, 2.05) is 66.7 Å². The van der Waals surface area contributed by atoms with Gasteiger partial charge in [0.15, 0.2) is 0 Å². The Balaban J connectivity index is 1.78. The van der Waals surface area contributed by atoms with Gasteiger partial charge in [-0.05, 0) is 42.0 Å². The molecule has 0 fully saturated rings. The van der Waals surface area contributed by atoms with Crippen LogP contribution < -0.4 is 11.1 Å². The lowest BCUT2D eigenvalue weighted by Gasteiger charge is -2.16. The number of nitrogens with two attached hydrogens (primary N) is 1. The summed E-state index contributed by atoms with van der Waals surface area (Å²) in [6.07, 6.45) is 1.72. The summed E-state index contributed by atoms with van der Waals surface area (Å²) in [5.41, 5.74) is 10.8. The lowest BCUT2D eigenvalue weighted by molar-refractivity contribution is 0.471. The SMILES string of the molecule is NCc1c(Nc2ccnc3cc(Cl)ccc23)ccc(-c2ccccc2)c1O. The number of nitrogens with one attached hydrogen (secondary N) is 1. The first-order valence-corrected chi connectivity index (χ1v) is 8.97. The number of hydrogen-bond donors (Lipinski definition) is 3. The van der Waals surface area contributed by atoms with Crippen LogP contribution in [0.15, 0.2) is 72.9 Å². The third-order valence-corrected chi connectivity index (χ3v) is 4.78. The molecule has 5 heteroatoms. The van der Waals surface area contributed by atoms with Gasteiger partial charge in [0.1, 0.15) is 5.75 Å². The highest BCUT2D eigenvalue weighted by Crippen LogP contribution is 2.38. The van der Waals surface area contributed by atoms with Crippen molar-refractivity contribution in [2.45, 2.75) is 6.54 Å². The van der Waals surface area contributed by atoms with E-state index in [1.165, 1.54) is 0 Å². The largest absolute Gasteiger partial charge is 0.507 e. The van der Waals surface area contributed by atoms with Gasteiger partial charge in [-0.3, -0.25) is 4.98 Å². The average molecular weight is 376 g/mol. The second kappa shape index (κ2) is 7.27. The molecule has 4 N–H and O–H groups in total. The number of aromatic nitrogens is 1. The first kappa shape index (κ1) is 17.3. The standard InChI is InChI=1S/C22H18ClN3O/c23-15-6-7-17-20(10-11-25-21(17)12-15)26-19-9-8-16(22(27)18(19)13-24)14-4-2-1-3-5-14/h1-12,27H,13,24H2,(H,25,26). The smallest absolute Gasteiger partial charge is 0.129 e. The zero-order chi connectivity index (χ0) is 18.8. The van der Waals surface area contributed by atoms with E-state index in [2.05, 4.69) is 10.3 Å². The molecule has 3 aromatic carbocycles. The molecule has 27 heavy (non-hydrogen) atoms. The molecule has 0 spiro atoms. The minimum atomic E-state index is 0.190. The summed E-state index contributed by atoms with van der Waals surface area (Å²) in [5.74, 6) is 0.190. The maximum atomic E-state index is 10.8. The molecule has 4 rings (SSSR count). The second-order valence-corrected chi connectivity index (χ2v) is 6.64. The number of anilines is 2. The lowest BCUT2D eigenvalue weighted by Crippen LogP contribution is -2.03. The summed E-state index contributed by atoms with van der Waals surface area (Å²) < 4.78 is 0. The van der Waals surface area contributed by atoms with E-state index in [-0.39, 0.29) is 12.3 Å². The summed E-state index contributed by atoms with van der Waals surface area (Å²) in [5, 5.41) is 15.8. The fraction of sp³-hybridized carbons (Fsp3) is 0.0455. The molecule has 0 aliphatic rings. The molecule has 1 heterocycles. The summed E-state index contributed by atoms with van der Waals surface area (Å²) in [4.78, 5) is 4.36. The zero-order valence-corrected chi connectivity index (χ0v) is 15.2. The Hall–Kier alpha value is -3.08. The highest BCUT2D eigenvalue weighted by atomic mass is 35.5. The Labute approximate surface area is 162 Å². The highest BCUT2D eigenvalue weighted by molar-refractivity contribution is 6.31. The topological polar surface area (TPSA) is 71.2 Å². The Morgan fingerprint density at radius 3 is 2.56 bits per heavy atom. The van der Waals surface area contributed by atoms with E-state index in [0.717, 1.165) is 33.4 Å². The number of benzene rings is 3. The van der Waals surface area contributed by atoms with Gasteiger partial charge in [-0.25, -0.2) is 0 Å². The zero-order valence-electron chi connectivity index (χ0n) is 14.5. The van der Waals surface area contributed by atoms with E-state index >= 15 is 0 Å². The quantitative estimate of drug-likeness (QED) is 0.442. The number of fused-ring (bicyclic) bond motifs is 1. The maximum Gasteiger partial charge on any atom is 0.129 e. The molecular formula is C22H18ClN3O. The summed E-state index contributed by atoms with van der Waals surface area (Å²) in [6, 6.07) is 21.0. The van der Waals surface area contributed by atoms with Crippen molar-refractivity contribution in [2.75, 3.05) is 5.32 Å². The van der Waals surface area contributed by atoms with E-state index in [9.17, 15) is 5.11 Å². The van der Waals surface area contributed by atoms with Crippen molar-refractivity contribution in [3.8, 4) is 16.9 Å². The predicted molar refractivity (Wildman–Crippen MR) is 111 cm³/mol. The van der Waals surface area contributed by atoms with Crippen molar-refractivity contribution in [1.82, 2.24) is 4.98 Å². The maximum absolute atomic E-state index is 10.8. The first-order valence-electron chi connectivity index (χ1n) is 8.59. The molecule has 4 aromatic rings. The monoisotopic (exact) mass is 375 g/mol. The number of rotatable bonds is 4. The summed E-state index contributed by atoms with van der Waals surface area (Å²) in [7, 11) is 0. The van der Waals surface area contributed by atoms with Crippen LogP contribution in [0.5, 0.6) is 5.75 Å². The van der Waals surface area contributed by atoms with Crippen molar-refractivity contribution in [3.63, 3.8) is 0 Å². The highest BCUT2D eigenvalue weighted by Gasteiger charge is 2.14. The van der Waals surface area contributed by atoms with Crippen LogP contribution in [0, 0.1) is 0 Å². The summed E-state index contributed by atoms with van der Waals surface area (Å²) in [6.45, 7) is 0.212. The van der Waals surface area contributed by atoms with Gasteiger partial charge >= 0.3 is 0 Å². The van der Waals surface area contributed by atoms with Crippen LogP contribution in [0.25, 0.3) is 22.0 Å². The normalized spacial score (nSPS) is 10.9. The van der Waals surface area contributed by atoms with Gasteiger partial charge in [0.25, 0.3) is 0 Å². The lowest BCUT2D eigenvalue weighted by atomic mass is 9.99. The van der Waals surface area contributed by atoms with E-state index in [1.54, 1.807) is 6.20 Å². The Kier molecular flexibility index (Phi) is 4.67. The molecule has 0 radical (unpaired) electrons. The van der Waals surface area contributed by atoms with E-state index in [4.69, 9.17) is 17.3 Å². The number of hydrogen-bond acceptors (Lipinski definition) is 4. The van der Waals surface area contributed by atoms with Crippen LogP contribution in [0.4, 0.5) is 11.4 Å².